The molecule has 1 heterocycles. The predicted octanol–water partition coefficient (Wildman–Crippen LogP) is 3.25. The maximum absolute atomic E-state index is 12.8. The van der Waals surface area contributed by atoms with Crippen molar-refractivity contribution in [1.29, 1.82) is 0 Å². The standard InChI is InChI=1S/C30H46N4O3/c1-30(2,3)37-25-28(29(35)36-4)34-18-16-31-15-17-32(23-26-11-7-5-8-12-26)19-20-33(21-22-34)24-27-13-9-6-10-14-27/h5-14,28,31H,15-25H2,1-4H3. The van der Waals surface area contributed by atoms with Gasteiger partial charge in [-0.05, 0) is 31.9 Å². The summed E-state index contributed by atoms with van der Waals surface area (Å²) < 4.78 is 11.2. The van der Waals surface area contributed by atoms with Gasteiger partial charge in [0.1, 0.15) is 6.04 Å². The average Bonchev–Trinajstić information content (AvgIpc) is 2.88. The fraction of sp³-hybridized carbons (Fsp3) is 0.567. The lowest BCUT2D eigenvalue weighted by Gasteiger charge is -2.35. The van der Waals surface area contributed by atoms with Crippen LogP contribution in [0.15, 0.2) is 60.7 Å². The summed E-state index contributed by atoms with van der Waals surface area (Å²) in [7, 11) is 1.46. The Bertz CT molecular complexity index is 904. The van der Waals surface area contributed by atoms with Gasteiger partial charge in [0.25, 0.3) is 0 Å². The highest BCUT2D eigenvalue weighted by atomic mass is 16.5. The maximum Gasteiger partial charge on any atom is 0.325 e. The molecule has 0 saturated carbocycles. The number of ether oxygens (including phenoxy) is 2. The first-order valence-corrected chi connectivity index (χ1v) is 13.5. The molecular weight excluding hydrogens is 464 g/mol. The monoisotopic (exact) mass is 510 g/mol. The van der Waals surface area contributed by atoms with E-state index in [2.05, 4.69) is 80.7 Å². The van der Waals surface area contributed by atoms with E-state index in [1.54, 1.807) is 0 Å². The van der Waals surface area contributed by atoms with E-state index in [0.717, 1.165) is 65.4 Å². The van der Waals surface area contributed by atoms with Gasteiger partial charge < -0.3 is 14.8 Å². The molecule has 1 aliphatic heterocycles. The summed E-state index contributed by atoms with van der Waals surface area (Å²) in [4.78, 5) is 20.1. The number of esters is 1. The van der Waals surface area contributed by atoms with Crippen LogP contribution in [0.1, 0.15) is 31.9 Å². The number of benzene rings is 2. The van der Waals surface area contributed by atoms with Crippen LogP contribution in [-0.2, 0) is 27.4 Å². The van der Waals surface area contributed by atoms with Crippen LogP contribution in [0.2, 0.25) is 0 Å². The van der Waals surface area contributed by atoms with Crippen LogP contribution in [-0.4, -0.2) is 98.4 Å². The molecule has 1 aliphatic rings. The highest BCUT2D eigenvalue weighted by molar-refractivity contribution is 5.75. The van der Waals surface area contributed by atoms with Crippen molar-refractivity contribution in [3.63, 3.8) is 0 Å². The van der Waals surface area contributed by atoms with Crippen molar-refractivity contribution in [2.24, 2.45) is 0 Å². The molecule has 0 radical (unpaired) electrons. The predicted molar refractivity (Wildman–Crippen MR) is 149 cm³/mol. The highest BCUT2D eigenvalue weighted by Gasteiger charge is 2.29. The number of rotatable bonds is 8. The van der Waals surface area contributed by atoms with Gasteiger partial charge >= 0.3 is 5.97 Å². The minimum absolute atomic E-state index is 0.236. The van der Waals surface area contributed by atoms with E-state index in [9.17, 15) is 4.79 Å². The summed E-state index contributed by atoms with van der Waals surface area (Å²) in [6.45, 7) is 15.2. The lowest BCUT2D eigenvalue weighted by Crippen LogP contribution is -2.52. The summed E-state index contributed by atoms with van der Waals surface area (Å²) in [5.74, 6) is -0.236. The molecule has 2 aromatic rings. The number of hydrogen-bond donors (Lipinski definition) is 1. The van der Waals surface area contributed by atoms with Crippen LogP contribution in [0.5, 0.6) is 0 Å². The van der Waals surface area contributed by atoms with Crippen molar-refractivity contribution < 1.29 is 14.3 Å². The Morgan fingerprint density at radius 2 is 1.32 bits per heavy atom. The molecule has 3 rings (SSSR count). The molecular formula is C30H46N4O3. The number of methoxy groups -OCH3 is 1. The number of hydrogen-bond acceptors (Lipinski definition) is 7. The summed E-state index contributed by atoms with van der Waals surface area (Å²) in [5.41, 5.74) is 2.33. The minimum Gasteiger partial charge on any atom is -0.468 e. The van der Waals surface area contributed by atoms with Crippen molar-refractivity contribution in [3.05, 3.63) is 71.8 Å². The zero-order chi connectivity index (χ0) is 26.5. The first kappa shape index (κ1) is 29.3. The third kappa shape index (κ3) is 10.9. The zero-order valence-electron chi connectivity index (χ0n) is 23.2. The second kappa shape index (κ2) is 15.2. The Balaban J connectivity index is 1.74. The number of nitrogens with zero attached hydrogens (tertiary/aromatic N) is 3. The van der Waals surface area contributed by atoms with E-state index in [-0.39, 0.29) is 11.6 Å². The third-order valence-electron chi connectivity index (χ3n) is 6.70. The van der Waals surface area contributed by atoms with Gasteiger partial charge in [0, 0.05) is 65.4 Å². The fourth-order valence-corrected chi connectivity index (χ4v) is 4.57. The van der Waals surface area contributed by atoms with Crippen molar-refractivity contribution in [1.82, 2.24) is 20.0 Å². The first-order valence-electron chi connectivity index (χ1n) is 13.5. The lowest BCUT2D eigenvalue weighted by molar-refractivity contribution is -0.152. The van der Waals surface area contributed by atoms with Crippen molar-refractivity contribution in [3.8, 4) is 0 Å². The summed E-state index contributed by atoms with van der Waals surface area (Å²) in [6, 6.07) is 20.9. The van der Waals surface area contributed by atoms with Crippen LogP contribution in [0.25, 0.3) is 0 Å². The van der Waals surface area contributed by atoms with Gasteiger partial charge in [-0.25, -0.2) is 0 Å². The van der Waals surface area contributed by atoms with Crippen LogP contribution < -0.4 is 5.32 Å². The maximum atomic E-state index is 12.8. The van der Waals surface area contributed by atoms with Crippen molar-refractivity contribution in [2.75, 3.05) is 66.1 Å². The molecule has 0 aliphatic carbocycles. The first-order chi connectivity index (χ1) is 17.8. The second-order valence-electron chi connectivity index (χ2n) is 10.8. The van der Waals surface area contributed by atoms with Crippen molar-refractivity contribution >= 4 is 5.97 Å². The van der Waals surface area contributed by atoms with Gasteiger partial charge in [-0.2, -0.15) is 0 Å². The molecule has 1 N–H and O–H groups in total. The van der Waals surface area contributed by atoms with E-state index in [0.29, 0.717) is 6.61 Å². The van der Waals surface area contributed by atoms with Gasteiger partial charge in [-0.3, -0.25) is 19.5 Å². The average molecular weight is 511 g/mol. The summed E-state index contributed by atoms with van der Waals surface area (Å²) in [6.07, 6.45) is 0. The van der Waals surface area contributed by atoms with Gasteiger partial charge in [0.15, 0.2) is 0 Å². The van der Waals surface area contributed by atoms with E-state index in [1.807, 2.05) is 20.8 Å². The number of nitrogens with one attached hydrogen (secondary N) is 1. The van der Waals surface area contributed by atoms with Crippen LogP contribution in [0.3, 0.4) is 0 Å². The number of carbonyl (C=O) groups excluding carboxylic acids is 1. The van der Waals surface area contributed by atoms with E-state index < -0.39 is 6.04 Å². The Morgan fingerprint density at radius 1 is 0.811 bits per heavy atom. The van der Waals surface area contributed by atoms with Crippen LogP contribution in [0.4, 0.5) is 0 Å². The Morgan fingerprint density at radius 3 is 1.86 bits per heavy atom. The molecule has 1 unspecified atom stereocenters. The molecule has 0 aromatic heterocycles. The molecule has 204 valence electrons. The topological polar surface area (TPSA) is 57.3 Å². The van der Waals surface area contributed by atoms with Crippen molar-refractivity contribution in [2.45, 2.75) is 45.5 Å². The molecule has 0 spiro atoms. The summed E-state index contributed by atoms with van der Waals surface area (Å²) >= 11 is 0. The van der Waals surface area contributed by atoms with Crippen LogP contribution >= 0.6 is 0 Å². The Labute approximate surface area is 223 Å². The Kier molecular flexibility index (Phi) is 12.0. The van der Waals surface area contributed by atoms with Gasteiger partial charge in [-0.1, -0.05) is 60.7 Å². The molecule has 0 bridgehead atoms. The second-order valence-corrected chi connectivity index (χ2v) is 10.8. The molecule has 37 heavy (non-hydrogen) atoms. The van der Waals surface area contributed by atoms with Gasteiger partial charge in [0.2, 0.25) is 0 Å². The fourth-order valence-electron chi connectivity index (χ4n) is 4.57. The third-order valence-corrected chi connectivity index (χ3v) is 6.70. The zero-order valence-corrected chi connectivity index (χ0v) is 23.2. The van der Waals surface area contributed by atoms with E-state index >= 15 is 0 Å². The lowest BCUT2D eigenvalue weighted by atomic mass is 10.1. The normalized spacial score (nSPS) is 18.5. The molecule has 1 saturated heterocycles. The van der Waals surface area contributed by atoms with E-state index in [4.69, 9.17) is 9.47 Å². The van der Waals surface area contributed by atoms with Gasteiger partial charge in [-0.15, -0.1) is 0 Å². The quantitative estimate of drug-likeness (QED) is 0.547. The summed E-state index contributed by atoms with van der Waals surface area (Å²) in [5, 5.41) is 3.59. The highest BCUT2D eigenvalue weighted by Crippen LogP contribution is 2.13. The SMILES string of the molecule is COC(=O)C(COC(C)(C)C)N1CCNCCN(Cc2ccccc2)CCN(Cc2ccccc2)CC1. The van der Waals surface area contributed by atoms with Gasteiger partial charge in [0.05, 0.1) is 19.3 Å². The minimum atomic E-state index is -0.429. The molecule has 7 heteroatoms. The molecule has 1 atom stereocenters. The van der Waals surface area contributed by atoms with Crippen LogP contribution in [0, 0.1) is 0 Å². The molecule has 0 amide bonds. The Hall–Kier alpha value is -2.29. The van der Waals surface area contributed by atoms with E-state index in [1.165, 1.54) is 18.2 Å². The largest absolute Gasteiger partial charge is 0.468 e. The molecule has 1 fully saturated rings. The molecule has 2 aromatic carbocycles. The molecule has 7 nitrogen and oxygen atoms in total. The smallest absolute Gasteiger partial charge is 0.325 e. The number of carbonyl (C=O) groups is 1.